The summed E-state index contributed by atoms with van der Waals surface area (Å²) in [5, 5.41) is 3.11. The van der Waals surface area contributed by atoms with Crippen molar-refractivity contribution in [3.63, 3.8) is 0 Å². The number of carbonyl (C=O) groups is 1. The highest BCUT2D eigenvalue weighted by Crippen LogP contribution is 2.22. The Balaban J connectivity index is 1.80. The maximum absolute atomic E-state index is 12.3. The zero-order valence-corrected chi connectivity index (χ0v) is 14.8. The summed E-state index contributed by atoms with van der Waals surface area (Å²) in [5.41, 5.74) is 1.16. The Morgan fingerprint density at radius 2 is 2.00 bits per heavy atom. The molecule has 1 aromatic rings. The van der Waals surface area contributed by atoms with Gasteiger partial charge in [0.1, 0.15) is 5.75 Å². The van der Waals surface area contributed by atoms with Crippen molar-refractivity contribution in [2.75, 3.05) is 26.7 Å². The van der Waals surface area contributed by atoms with Crippen LogP contribution in [0.1, 0.15) is 37.7 Å². The van der Waals surface area contributed by atoms with E-state index >= 15 is 0 Å². The summed E-state index contributed by atoms with van der Waals surface area (Å²) in [6.45, 7) is 6.46. The minimum absolute atomic E-state index is 0.107. The van der Waals surface area contributed by atoms with Crippen molar-refractivity contribution in [1.82, 2.24) is 10.2 Å². The summed E-state index contributed by atoms with van der Waals surface area (Å²) in [4.78, 5) is 14.4. The number of methoxy groups -OCH3 is 1. The molecule has 0 aliphatic heterocycles. The van der Waals surface area contributed by atoms with Gasteiger partial charge < -0.3 is 10.1 Å². The molecule has 0 spiro atoms. The normalized spacial score (nSPS) is 15.2. The molecule has 0 heterocycles. The van der Waals surface area contributed by atoms with Gasteiger partial charge in [0.05, 0.1) is 13.7 Å². The van der Waals surface area contributed by atoms with E-state index in [0.717, 1.165) is 24.4 Å². The number of hydrogen-bond donors (Lipinski definition) is 1. The molecule has 0 bridgehead atoms. The van der Waals surface area contributed by atoms with Gasteiger partial charge in [-0.05, 0) is 36.5 Å². The molecule has 24 heavy (non-hydrogen) atoms. The van der Waals surface area contributed by atoms with Gasteiger partial charge in [-0.2, -0.15) is 0 Å². The number of nitrogens with one attached hydrogen (secondary N) is 1. The lowest BCUT2D eigenvalue weighted by molar-refractivity contribution is -0.122. The van der Waals surface area contributed by atoms with Crippen molar-refractivity contribution < 1.29 is 9.53 Å². The summed E-state index contributed by atoms with van der Waals surface area (Å²) < 4.78 is 5.18. The molecule has 0 unspecified atom stereocenters. The number of amides is 1. The third kappa shape index (κ3) is 6.36. The quantitative estimate of drug-likeness (QED) is 0.706. The number of carbonyl (C=O) groups excluding carboxylic acids is 1. The first-order chi connectivity index (χ1) is 11.7. The van der Waals surface area contributed by atoms with E-state index in [1.54, 1.807) is 7.11 Å². The average molecular weight is 330 g/mol. The van der Waals surface area contributed by atoms with Gasteiger partial charge in [0.2, 0.25) is 5.91 Å². The molecule has 0 saturated heterocycles. The fourth-order valence-electron chi connectivity index (χ4n) is 3.27. The molecule has 4 nitrogen and oxygen atoms in total. The van der Waals surface area contributed by atoms with Crippen LogP contribution >= 0.6 is 0 Å². The van der Waals surface area contributed by atoms with Crippen LogP contribution in [0.25, 0.3) is 0 Å². The second-order valence-electron chi connectivity index (χ2n) is 6.61. The molecule has 0 radical (unpaired) electrons. The molecule has 132 valence electrons. The maximum Gasteiger partial charge on any atom is 0.234 e. The number of benzene rings is 1. The first-order valence-electron chi connectivity index (χ1n) is 8.94. The van der Waals surface area contributed by atoms with Crippen molar-refractivity contribution in [2.45, 2.75) is 38.6 Å². The molecule has 1 amide bonds. The lowest BCUT2D eigenvalue weighted by atomic mass is 9.89. The van der Waals surface area contributed by atoms with Crippen LogP contribution in [0.15, 0.2) is 36.9 Å². The largest absolute Gasteiger partial charge is 0.497 e. The number of rotatable bonds is 9. The van der Waals surface area contributed by atoms with Crippen LogP contribution < -0.4 is 10.1 Å². The third-order valence-electron chi connectivity index (χ3n) is 4.63. The molecule has 1 aliphatic carbocycles. The van der Waals surface area contributed by atoms with E-state index in [-0.39, 0.29) is 5.91 Å². The van der Waals surface area contributed by atoms with Gasteiger partial charge in [-0.15, -0.1) is 6.58 Å². The van der Waals surface area contributed by atoms with Crippen LogP contribution in [0.5, 0.6) is 5.75 Å². The molecule has 1 aromatic carbocycles. The van der Waals surface area contributed by atoms with Crippen molar-refractivity contribution in [3.8, 4) is 5.75 Å². The van der Waals surface area contributed by atoms with Gasteiger partial charge >= 0.3 is 0 Å². The molecule has 2 rings (SSSR count). The minimum Gasteiger partial charge on any atom is -0.497 e. The van der Waals surface area contributed by atoms with Crippen LogP contribution in [0, 0.1) is 5.92 Å². The summed E-state index contributed by atoms with van der Waals surface area (Å²) >= 11 is 0. The fourth-order valence-corrected chi connectivity index (χ4v) is 3.27. The average Bonchev–Trinajstić information content (AvgIpc) is 2.62. The SMILES string of the molecule is C=CCN(CC(=O)NCC1CCCCC1)Cc1ccc(OC)cc1. The summed E-state index contributed by atoms with van der Waals surface area (Å²) in [6.07, 6.45) is 8.31. The highest BCUT2D eigenvalue weighted by molar-refractivity contribution is 5.78. The standard InChI is InChI=1S/C20H30N2O2/c1-3-13-22(15-18-9-11-19(24-2)12-10-18)16-20(23)21-14-17-7-5-4-6-8-17/h3,9-12,17H,1,4-8,13-16H2,2H3,(H,21,23). The first kappa shape index (κ1) is 18.5. The number of ether oxygens (including phenoxy) is 1. The van der Waals surface area contributed by atoms with E-state index in [0.29, 0.717) is 19.0 Å². The first-order valence-corrected chi connectivity index (χ1v) is 8.94. The van der Waals surface area contributed by atoms with Crippen LogP contribution in [-0.4, -0.2) is 37.6 Å². The Morgan fingerprint density at radius 1 is 1.29 bits per heavy atom. The van der Waals surface area contributed by atoms with Crippen molar-refractivity contribution >= 4 is 5.91 Å². The maximum atomic E-state index is 12.3. The zero-order chi connectivity index (χ0) is 17.2. The monoisotopic (exact) mass is 330 g/mol. The van der Waals surface area contributed by atoms with Gasteiger partial charge in [-0.25, -0.2) is 0 Å². The second-order valence-corrected chi connectivity index (χ2v) is 6.61. The van der Waals surface area contributed by atoms with E-state index in [1.807, 2.05) is 30.3 Å². The lowest BCUT2D eigenvalue weighted by Gasteiger charge is -2.24. The highest BCUT2D eigenvalue weighted by Gasteiger charge is 2.15. The van der Waals surface area contributed by atoms with E-state index in [2.05, 4.69) is 16.8 Å². The molecular formula is C20H30N2O2. The van der Waals surface area contributed by atoms with Crippen molar-refractivity contribution in [1.29, 1.82) is 0 Å². The van der Waals surface area contributed by atoms with Gasteiger partial charge in [0.15, 0.2) is 0 Å². The molecule has 1 N–H and O–H groups in total. The lowest BCUT2D eigenvalue weighted by Crippen LogP contribution is -2.39. The minimum atomic E-state index is 0.107. The van der Waals surface area contributed by atoms with Gasteiger partial charge in [0.25, 0.3) is 0 Å². The molecule has 1 saturated carbocycles. The van der Waals surface area contributed by atoms with Gasteiger partial charge in [-0.3, -0.25) is 9.69 Å². The Bertz CT molecular complexity index is 507. The van der Waals surface area contributed by atoms with Crippen LogP contribution in [-0.2, 0) is 11.3 Å². The van der Waals surface area contributed by atoms with E-state index in [1.165, 1.54) is 32.1 Å². The molecule has 1 fully saturated rings. The van der Waals surface area contributed by atoms with Crippen LogP contribution in [0.4, 0.5) is 0 Å². The Morgan fingerprint density at radius 3 is 2.62 bits per heavy atom. The smallest absolute Gasteiger partial charge is 0.234 e. The Hall–Kier alpha value is -1.81. The van der Waals surface area contributed by atoms with Crippen LogP contribution in [0.3, 0.4) is 0 Å². The Kier molecular flexibility index (Phi) is 7.83. The van der Waals surface area contributed by atoms with Gasteiger partial charge in [-0.1, -0.05) is 37.5 Å². The van der Waals surface area contributed by atoms with E-state index in [4.69, 9.17) is 4.74 Å². The van der Waals surface area contributed by atoms with Crippen LogP contribution in [0.2, 0.25) is 0 Å². The topological polar surface area (TPSA) is 41.6 Å². The van der Waals surface area contributed by atoms with Gasteiger partial charge in [0, 0.05) is 19.6 Å². The van der Waals surface area contributed by atoms with Crippen molar-refractivity contribution in [3.05, 3.63) is 42.5 Å². The fraction of sp³-hybridized carbons (Fsp3) is 0.550. The summed E-state index contributed by atoms with van der Waals surface area (Å²) in [7, 11) is 1.66. The molecule has 0 atom stereocenters. The predicted molar refractivity (Wildman–Crippen MR) is 98.1 cm³/mol. The van der Waals surface area contributed by atoms with E-state index < -0.39 is 0 Å². The Labute approximate surface area is 145 Å². The summed E-state index contributed by atoms with van der Waals surface area (Å²) in [5.74, 6) is 1.62. The number of hydrogen-bond acceptors (Lipinski definition) is 3. The number of nitrogens with zero attached hydrogens (tertiary/aromatic N) is 1. The second kappa shape index (κ2) is 10.1. The highest BCUT2D eigenvalue weighted by atomic mass is 16.5. The third-order valence-corrected chi connectivity index (χ3v) is 4.63. The van der Waals surface area contributed by atoms with E-state index in [9.17, 15) is 4.79 Å². The predicted octanol–water partition coefficient (Wildman–Crippen LogP) is 3.38. The zero-order valence-electron chi connectivity index (χ0n) is 14.8. The van der Waals surface area contributed by atoms with Crippen molar-refractivity contribution in [2.24, 2.45) is 5.92 Å². The molecule has 1 aliphatic rings. The summed E-state index contributed by atoms with van der Waals surface area (Å²) in [6, 6.07) is 7.97. The molecule has 0 aromatic heterocycles. The molecule has 4 heteroatoms. The molecular weight excluding hydrogens is 300 g/mol.